The molecule has 4 rings (SSSR count). The molecule has 0 radical (unpaired) electrons. The highest BCUT2D eigenvalue weighted by Gasteiger charge is 2.25. The molecule has 0 unspecified atom stereocenters. The van der Waals surface area contributed by atoms with Gasteiger partial charge in [0.2, 0.25) is 10.0 Å². The van der Waals surface area contributed by atoms with Crippen molar-refractivity contribution in [2.45, 2.75) is 0 Å². The Hall–Kier alpha value is -2.97. The van der Waals surface area contributed by atoms with Gasteiger partial charge in [0.15, 0.2) is 11.6 Å². The quantitative estimate of drug-likeness (QED) is 0.660. The molecule has 1 aromatic carbocycles. The van der Waals surface area contributed by atoms with Crippen LogP contribution in [0.3, 0.4) is 0 Å². The van der Waals surface area contributed by atoms with Gasteiger partial charge in [0, 0.05) is 31.6 Å². The number of hydrogen-bond donors (Lipinski definition) is 0. The van der Waals surface area contributed by atoms with Gasteiger partial charge in [0.1, 0.15) is 5.69 Å². The van der Waals surface area contributed by atoms with Crippen LogP contribution in [-0.4, -0.2) is 49.1 Å². The van der Waals surface area contributed by atoms with Crippen molar-refractivity contribution in [3.63, 3.8) is 0 Å². The third-order valence-corrected chi connectivity index (χ3v) is 6.14. The molecule has 1 saturated heterocycles. The molecule has 2 aromatic heterocycles. The maximum Gasteiger partial charge on any atom is 0.236 e. The van der Waals surface area contributed by atoms with Gasteiger partial charge in [-0.05, 0) is 35.9 Å². The van der Waals surface area contributed by atoms with Crippen LogP contribution < -0.4 is 4.90 Å². The summed E-state index contributed by atoms with van der Waals surface area (Å²) >= 11 is 0. The Balaban J connectivity index is 1.38. The fourth-order valence-electron chi connectivity index (χ4n) is 3.04. The Morgan fingerprint density at radius 3 is 2.32 bits per heavy atom. The third-order valence-electron chi connectivity index (χ3n) is 4.58. The highest BCUT2D eigenvalue weighted by Crippen LogP contribution is 2.20. The number of piperazine rings is 1. The van der Waals surface area contributed by atoms with Crippen molar-refractivity contribution >= 4 is 21.9 Å². The molecule has 0 aliphatic carbocycles. The lowest BCUT2D eigenvalue weighted by atomic mass is 10.2. The lowest BCUT2D eigenvalue weighted by Gasteiger charge is -2.33. The van der Waals surface area contributed by atoms with Crippen LogP contribution in [0.2, 0.25) is 0 Å². The van der Waals surface area contributed by atoms with Gasteiger partial charge in [-0.3, -0.25) is 0 Å². The van der Waals surface area contributed by atoms with Gasteiger partial charge in [-0.25, -0.2) is 8.42 Å². The van der Waals surface area contributed by atoms with E-state index in [9.17, 15) is 8.42 Å². The first-order chi connectivity index (χ1) is 13.6. The van der Waals surface area contributed by atoms with Crippen LogP contribution in [0.5, 0.6) is 0 Å². The molecule has 0 spiro atoms. The standard InChI is InChI=1S/C20H20N4O3S/c25-28(26,16-10-17-5-2-1-3-6-17)24-13-11-23(12-14-24)20-9-8-18(21-22-20)19-7-4-15-27-19/h1-10,15-16H,11-14H2. The molecule has 8 heteroatoms. The number of hydrogen-bond acceptors (Lipinski definition) is 6. The summed E-state index contributed by atoms with van der Waals surface area (Å²) in [6, 6.07) is 16.8. The fourth-order valence-corrected chi connectivity index (χ4v) is 4.21. The molecule has 0 saturated carbocycles. The minimum Gasteiger partial charge on any atom is -0.463 e. The number of anilines is 1. The van der Waals surface area contributed by atoms with E-state index in [0.29, 0.717) is 37.6 Å². The fraction of sp³-hybridized carbons (Fsp3) is 0.200. The molecule has 3 heterocycles. The third kappa shape index (κ3) is 4.13. The minimum absolute atomic E-state index is 0.406. The summed E-state index contributed by atoms with van der Waals surface area (Å²) in [5.74, 6) is 1.40. The predicted molar refractivity (Wildman–Crippen MR) is 108 cm³/mol. The molecule has 0 bridgehead atoms. The molecule has 0 N–H and O–H groups in total. The number of rotatable bonds is 5. The van der Waals surface area contributed by atoms with Crippen LogP contribution in [0.25, 0.3) is 17.5 Å². The number of benzene rings is 1. The van der Waals surface area contributed by atoms with Crippen molar-refractivity contribution in [3.8, 4) is 11.5 Å². The minimum atomic E-state index is -3.45. The van der Waals surface area contributed by atoms with Crippen LogP contribution in [0.1, 0.15) is 5.56 Å². The highest BCUT2D eigenvalue weighted by atomic mass is 32.2. The summed E-state index contributed by atoms with van der Waals surface area (Å²) in [7, 11) is -3.45. The Kier molecular flexibility index (Phi) is 5.23. The van der Waals surface area contributed by atoms with Crippen LogP contribution in [0.4, 0.5) is 5.82 Å². The van der Waals surface area contributed by atoms with Gasteiger partial charge in [0.05, 0.1) is 6.26 Å². The normalized spacial score (nSPS) is 15.9. The molecular formula is C20H20N4O3S. The van der Waals surface area contributed by atoms with E-state index in [1.54, 1.807) is 18.4 Å². The molecule has 1 fully saturated rings. The summed E-state index contributed by atoms with van der Waals surface area (Å²) < 4.78 is 31.9. The average molecular weight is 396 g/mol. The van der Waals surface area contributed by atoms with Gasteiger partial charge in [-0.15, -0.1) is 10.2 Å². The molecule has 144 valence electrons. The SMILES string of the molecule is O=S(=O)(C=Cc1ccccc1)N1CCN(c2ccc(-c3ccco3)nn2)CC1. The van der Waals surface area contributed by atoms with E-state index in [4.69, 9.17) is 4.42 Å². The van der Waals surface area contributed by atoms with Crippen molar-refractivity contribution in [1.29, 1.82) is 0 Å². The average Bonchev–Trinajstić information content (AvgIpc) is 3.28. The molecule has 1 aliphatic heterocycles. The monoisotopic (exact) mass is 396 g/mol. The molecular weight excluding hydrogens is 376 g/mol. The van der Waals surface area contributed by atoms with E-state index in [-0.39, 0.29) is 0 Å². The topological polar surface area (TPSA) is 79.5 Å². The van der Waals surface area contributed by atoms with E-state index in [1.165, 1.54) is 9.71 Å². The maximum absolute atomic E-state index is 12.6. The largest absolute Gasteiger partial charge is 0.463 e. The second-order valence-corrected chi connectivity index (χ2v) is 8.22. The predicted octanol–water partition coefficient (Wildman–Crippen LogP) is 2.86. The second-order valence-electron chi connectivity index (χ2n) is 6.40. The van der Waals surface area contributed by atoms with Crippen molar-refractivity contribution in [2.24, 2.45) is 0 Å². The first-order valence-electron chi connectivity index (χ1n) is 8.98. The van der Waals surface area contributed by atoms with E-state index >= 15 is 0 Å². The number of aromatic nitrogens is 2. The summed E-state index contributed by atoms with van der Waals surface area (Å²) in [5, 5.41) is 9.73. The summed E-state index contributed by atoms with van der Waals surface area (Å²) in [6.07, 6.45) is 3.22. The van der Waals surface area contributed by atoms with Crippen molar-refractivity contribution < 1.29 is 12.8 Å². The maximum atomic E-state index is 12.6. The van der Waals surface area contributed by atoms with Crippen molar-refractivity contribution in [3.05, 3.63) is 71.8 Å². The molecule has 3 aromatic rings. The Bertz CT molecular complexity index is 1020. The van der Waals surface area contributed by atoms with E-state index in [2.05, 4.69) is 10.2 Å². The zero-order valence-corrected chi connectivity index (χ0v) is 16.0. The van der Waals surface area contributed by atoms with Gasteiger partial charge < -0.3 is 9.32 Å². The van der Waals surface area contributed by atoms with Crippen LogP contribution in [0, 0.1) is 0 Å². The van der Waals surface area contributed by atoms with Gasteiger partial charge in [-0.2, -0.15) is 4.31 Å². The summed E-state index contributed by atoms with van der Waals surface area (Å²) in [4.78, 5) is 2.03. The van der Waals surface area contributed by atoms with Crippen LogP contribution in [0.15, 0.2) is 70.7 Å². The number of furan rings is 1. The Morgan fingerprint density at radius 1 is 0.893 bits per heavy atom. The Labute approximate surface area is 164 Å². The molecule has 28 heavy (non-hydrogen) atoms. The Morgan fingerprint density at radius 2 is 1.68 bits per heavy atom. The van der Waals surface area contributed by atoms with Gasteiger partial charge in [-0.1, -0.05) is 30.3 Å². The first-order valence-corrected chi connectivity index (χ1v) is 10.5. The van der Waals surface area contributed by atoms with E-state index < -0.39 is 10.0 Å². The van der Waals surface area contributed by atoms with Crippen molar-refractivity contribution in [1.82, 2.24) is 14.5 Å². The molecule has 7 nitrogen and oxygen atoms in total. The van der Waals surface area contributed by atoms with Crippen LogP contribution in [-0.2, 0) is 10.0 Å². The van der Waals surface area contributed by atoms with E-state index in [1.807, 2.05) is 53.4 Å². The number of sulfonamides is 1. The summed E-state index contributed by atoms with van der Waals surface area (Å²) in [5.41, 5.74) is 1.53. The van der Waals surface area contributed by atoms with Crippen molar-refractivity contribution in [2.75, 3.05) is 31.1 Å². The highest BCUT2D eigenvalue weighted by molar-refractivity contribution is 7.92. The van der Waals surface area contributed by atoms with Gasteiger partial charge >= 0.3 is 0 Å². The zero-order chi connectivity index (χ0) is 19.4. The number of nitrogens with zero attached hydrogens (tertiary/aromatic N) is 4. The van der Waals surface area contributed by atoms with Gasteiger partial charge in [0.25, 0.3) is 0 Å². The summed E-state index contributed by atoms with van der Waals surface area (Å²) in [6.45, 7) is 1.94. The molecule has 0 atom stereocenters. The first kappa shape index (κ1) is 18.4. The zero-order valence-electron chi connectivity index (χ0n) is 15.2. The lowest BCUT2D eigenvalue weighted by molar-refractivity contribution is 0.388. The second kappa shape index (κ2) is 7.95. The molecule has 0 amide bonds. The smallest absolute Gasteiger partial charge is 0.236 e. The van der Waals surface area contributed by atoms with Crippen LogP contribution >= 0.6 is 0 Å². The lowest BCUT2D eigenvalue weighted by Crippen LogP contribution is -2.48. The van der Waals surface area contributed by atoms with E-state index in [0.717, 1.165) is 11.4 Å². The molecule has 1 aliphatic rings.